The Labute approximate surface area is 110 Å². The number of benzene rings is 1. The van der Waals surface area contributed by atoms with Gasteiger partial charge in [-0.05, 0) is 31.7 Å². The predicted octanol–water partition coefficient (Wildman–Crippen LogP) is 2.93. The number of nitro groups is 1. The van der Waals surface area contributed by atoms with Crippen molar-refractivity contribution in [2.45, 2.75) is 37.8 Å². The zero-order chi connectivity index (χ0) is 13.1. The summed E-state index contributed by atoms with van der Waals surface area (Å²) < 4.78 is 0. The van der Waals surface area contributed by atoms with Gasteiger partial charge in [0.15, 0.2) is 0 Å². The third-order valence-electron chi connectivity index (χ3n) is 3.31. The average Bonchev–Trinajstić information content (AvgIpc) is 2.34. The third kappa shape index (κ3) is 2.91. The molecule has 0 saturated heterocycles. The first-order valence-electron chi connectivity index (χ1n) is 6.03. The second kappa shape index (κ2) is 5.54. The van der Waals surface area contributed by atoms with Gasteiger partial charge in [-0.25, -0.2) is 0 Å². The number of rotatable bonds is 3. The van der Waals surface area contributed by atoms with Crippen LogP contribution >= 0.6 is 11.6 Å². The second-order valence-corrected chi connectivity index (χ2v) is 5.05. The number of anilines is 1. The van der Waals surface area contributed by atoms with Crippen LogP contribution in [0.4, 0.5) is 11.4 Å². The Morgan fingerprint density at radius 1 is 1.33 bits per heavy atom. The van der Waals surface area contributed by atoms with Gasteiger partial charge in [0.25, 0.3) is 5.69 Å². The molecular weight excluding hydrogens is 254 g/mol. The first-order chi connectivity index (χ1) is 8.58. The third-order valence-corrected chi connectivity index (χ3v) is 3.62. The van der Waals surface area contributed by atoms with E-state index in [1.807, 2.05) is 0 Å². The molecule has 98 valence electrons. The molecule has 0 atom stereocenters. The highest BCUT2D eigenvalue weighted by Crippen LogP contribution is 2.34. The molecule has 18 heavy (non-hydrogen) atoms. The van der Waals surface area contributed by atoms with Gasteiger partial charge in [0.2, 0.25) is 0 Å². The van der Waals surface area contributed by atoms with Gasteiger partial charge in [0.1, 0.15) is 5.69 Å². The molecule has 0 aliphatic heterocycles. The summed E-state index contributed by atoms with van der Waals surface area (Å²) in [6, 6.07) is 5.17. The Kier molecular flexibility index (Phi) is 4.04. The minimum Gasteiger partial charge on any atom is -0.376 e. The fourth-order valence-corrected chi connectivity index (χ4v) is 2.50. The lowest BCUT2D eigenvalue weighted by molar-refractivity contribution is -0.384. The molecule has 6 heteroatoms. The second-order valence-electron chi connectivity index (χ2n) is 4.65. The SMILES string of the molecule is NC1CCC(Nc2c(Cl)cccc2[N+](=O)[O-])CC1. The lowest BCUT2D eigenvalue weighted by atomic mass is 9.91. The molecule has 1 fully saturated rings. The Hall–Kier alpha value is -1.33. The van der Waals surface area contributed by atoms with E-state index in [1.165, 1.54) is 6.07 Å². The van der Waals surface area contributed by atoms with Crippen molar-refractivity contribution in [1.29, 1.82) is 0 Å². The van der Waals surface area contributed by atoms with Gasteiger partial charge >= 0.3 is 0 Å². The van der Waals surface area contributed by atoms with Crippen molar-refractivity contribution in [2.75, 3.05) is 5.32 Å². The van der Waals surface area contributed by atoms with E-state index < -0.39 is 4.92 Å². The Morgan fingerprint density at radius 2 is 2.00 bits per heavy atom. The summed E-state index contributed by atoms with van der Waals surface area (Å²) in [6.45, 7) is 0. The molecule has 0 heterocycles. The molecule has 0 aromatic heterocycles. The van der Waals surface area contributed by atoms with E-state index in [4.69, 9.17) is 17.3 Å². The van der Waals surface area contributed by atoms with E-state index in [2.05, 4.69) is 5.32 Å². The van der Waals surface area contributed by atoms with Crippen LogP contribution in [0, 0.1) is 10.1 Å². The summed E-state index contributed by atoms with van der Waals surface area (Å²) in [5.74, 6) is 0. The number of nitrogens with zero attached hydrogens (tertiary/aromatic N) is 1. The van der Waals surface area contributed by atoms with Gasteiger partial charge in [0.05, 0.1) is 9.95 Å². The van der Waals surface area contributed by atoms with Crippen molar-refractivity contribution in [3.8, 4) is 0 Å². The maximum absolute atomic E-state index is 11.0. The fraction of sp³-hybridized carbons (Fsp3) is 0.500. The molecule has 0 unspecified atom stereocenters. The molecular formula is C12H16ClN3O2. The van der Waals surface area contributed by atoms with Gasteiger partial charge in [-0.15, -0.1) is 0 Å². The predicted molar refractivity (Wildman–Crippen MR) is 72.0 cm³/mol. The van der Waals surface area contributed by atoms with Crippen LogP contribution in [-0.4, -0.2) is 17.0 Å². The lowest BCUT2D eigenvalue weighted by Gasteiger charge is -2.27. The molecule has 3 N–H and O–H groups in total. The maximum Gasteiger partial charge on any atom is 0.293 e. The van der Waals surface area contributed by atoms with Crippen LogP contribution in [0.5, 0.6) is 0 Å². The van der Waals surface area contributed by atoms with Crippen molar-refractivity contribution in [3.63, 3.8) is 0 Å². The first kappa shape index (κ1) is 13.1. The molecule has 1 aromatic rings. The number of hydrogen-bond donors (Lipinski definition) is 2. The van der Waals surface area contributed by atoms with E-state index in [0.29, 0.717) is 10.7 Å². The van der Waals surface area contributed by atoms with Crippen molar-refractivity contribution >= 4 is 23.0 Å². The number of nitrogens with two attached hydrogens (primary N) is 1. The molecule has 1 aliphatic rings. The largest absolute Gasteiger partial charge is 0.376 e. The zero-order valence-corrected chi connectivity index (χ0v) is 10.7. The molecule has 0 amide bonds. The number of halogens is 1. The van der Waals surface area contributed by atoms with E-state index in [-0.39, 0.29) is 17.8 Å². The summed E-state index contributed by atoms with van der Waals surface area (Å²) in [5.41, 5.74) is 6.28. The van der Waals surface area contributed by atoms with Gasteiger partial charge in [-0.1, -0.05) is 17.7 Å². The average molecular weight is 270 g/mol. The number of hydrogen-bond acceptors (Lipinski definition) is 4. The summed E-state index contributed by atoms with van der Waals surface area (Å²) in [6.07, 6.45) is 3.72. The molecule has 1 aliphatic carbocycles. The lowest BCUT2D eigenvalue weighted by Crippen LogP contribution is -2.33. The summed E-state index contributed by atoms with van der Waals surface area (Å²) in [5, 5.41) is 14.5. The van der Waals surface area contributed by atoms with Gasteiger partial charge in [-0.2, -0.15) is 0 Å². The maximum atomic E-state index is 11.0. The van der Waals surface area contributed by atoms with Crippen molar-refractivity contribution in [1.82, 2.24) is 0 Å². The van der Waals surface area contributed by atoms with Crippen LogP contribution in [0.3, 0.4) is 0 Å². The number of nitro benzene ring substituents is 1. The standard InChI is InChI=1S/C12H16ClN3O2/c13-10-2-1-3-11(16(17)18)12(10)15-9-6-4-8(14)5-7-9/h1-3,8-9,15H,4-7,14H2. The summed E-state index contributed by atoms with van der Waals surface area (Å²) >= 11 is 6.03. The minimum atomic E-state index is -0.414. The van der Waals surface area contributed by atoms with Crippen molar-refractivity contribution in [2.24, 2.45) is 5.73 Å². The quantitative estimate of drug-likeness (QED) is 0.653. The number of nitrogens with one attached hydrogen (secondary N) is 1. The van der Waals surface area contributed by atoms with Crippen LogP contribution < -0.4 is 11.1 Å². The Bertz CT molecular complexity index is 445. The highest BCUT2D eigenvalue weighted by atomic mass is 35.5. The zero-order valence-electron chi connectivity index (χ0n) is 9.93. The summed E-state index contributed by atoms with van der Waals surface area (Å²) in [7, 11) is 0. The van der Waals surface area contributed by atoms with Gasteiger partial charge < -0.3 is 11.1 Å². The topological polar surface area (TPSA) is 81.2 Å². The highest BCUT2D eigenvalue weighted by molar-refractivity contribution is 6.33. The van der Waals surface area contributed by atoms with Crippen LogP contribution in [0.25, 0.3) is 0 Å². The summed E-state index contributed by atoms with van der Waals surface area (Å²) in [4.78, 5) is 10.5. The molecule has 0 radical (unpaired) electrons. The first-order valence-corrected chi connectivity index (χ1v) is 6.40. The Morgan fingerprint density at radius 3 is 2.61 bits per heavy atom. The van der Waals surface area contributed by atoms with E-state index in [9.17, 15) is 10.1 Å². The highest BCUT2D eigenvalue weighted by Gasteiger charge is 2.23. The van der Waals surface area contributed by atoms with Gasteiger partial charge in [0, 0.05) is 18.2 Å². The molecule has 0 bridgehead atoms. The minimum absolute atomic E-state index is 0.0253. The van der Waals surface area contributed by atoms with E-state index in [1.54, 1.807) is 12.1 Å². The number of para-hydroxylation sites is 1. The molecule has 5 nitrogen and oxygen atoms in total. The fourth-order valence-electron chi connectivity index (χ4n) is 2.28. The van der Waals surface area contributed by atoms with Crippen LogP contribution in [-0.2, 0) is 0 Å². The Balaban J connectivity index is 2.15. The monoisotopic (exact) mass is 269 g/mol. The van der Waals surface area contributed by atoms with Crippen LogP contribution in [0.15, 0.2) is 18.2 Å². The normalized spacial score (nSPS) is 23.7. The van der Waals surface area contributed by atoms with Crippen molar-refractivity contribution in [3.05, 3.63) is 33.3 Å². The van der Waals surface area contributed by atoms with Crippen LogP contribution in [0.2, 0.25) is 5.02 Å². The van der Waals surface area contributed by atoms with Crippen LogP contribution in [0.1, 0.15) is 25.7 Å². The van der Waals surface area contributed by atoms with E-state index >= 15 is 0 Å². The smallest absolute Gasteiger partial charge is 0.293 e. The van der Waals surface area contributed by atoms with E-state index in [0.717, 1.165) is 25.7 Å². The molecule has 2 rings (SSSR count). The van der Waals surface area contributed by atoms with Gasteiger partial charge in [-0.3, -0.25) is 10.1 Å². The molecule has 1 saturated carbocycles. The molecule has 0 spiro atoms. The molecule has 1 aromatic carbocycles. The van der Waals surface area contributed by atoms with Crippen molar-refractivity contribution < 1.29 is 4.92 Å².